The van der Waals surface area contributed by atoms with Crippen molar-refractivity contribution >= 4 is 22.6 Å². The van der Waals surface area contributed by atoms with Gasteiger partial charge in [-0.3, -0.25) is 9.36 Å². The Morgan fingerprint density at radius 3 is 2.50 bits per heavy atom. The minimum atomic E-state index is -0.942. The molecule has 0 atom stereocenters. The van der Waals surface area contributed by atoms with Crippen molar-refractivity contribution in [2.75, 3.05) is 20.0 Å². The quantitative estimate of drug-likeness (QED) is 0.392. The van der Waals surface area contributed by atoms with E-state index in [0.29, 0.717) is 42.8 Å². The number of ether oxygens (including phenoxy) is 2. The first-order valence-corrected chi connectivity index (χ1v) is 12.1. The van der Waals surface area contributed by atoms with Crippen molar-refractivity contribution in [2.45, 2.75) is 45.3 Å². The molecule has 2 aromatic heterocycles. The van der Waals surface area contributed by atoms with Crippen molar-refractivity contribution in [3.05, 3.63) is 65.1 Å². The average molecular weight is 493 g/mol. The molecular formula is C27H29FN4O4. The minimum absolute atomic E-state index is 0.120. The highest BCUT2D eigenvalue weighted by Crippen LogP contribution is 2.37. The molecule has 188 valence electrons. The van der Waals surface area contributed by atoms with Crippen LogP contribution in [-0.2, 0) is 4.74 Å². The lowest BCUT2D eigenvalue weighted by atomic mass is 10.00. The number of hydrogen-bond acceptors (Lipinski definition) is 5. The Morgan fingerprint density at radius 1 is 1.06 bits per heavy atom. The van der Waals surface area contributed by atoms with E-state index < -0.39 is 12.5 Å². The van der Waals surface area contributed by atoms with Gasteiger partial charge in [0, 0.05) is 37.0 Å². The Balaban J connectivity index is 1.59. The molecule has 1 aliphatic heterocycles. The maximum absolute atomic E-state index is 13.2. The second-order valence-electron chi connectivity index (χ2n) is 9.94. The lowest BCUT2D eigenvalue weighted by molar-refractivity contribution is 0.0188. The first kappa shape index (κ1) is 23.8. The summed E-state index contributed by atoms with van der Waals surface area (Å²) in [4.78, 5) is 27.5. The number of fused-ring (bicyclic) bond motifs is 3. The summed E-state index contributed by atoms with van der Waals surface area (Å²) < 4.78 is 27.4. The fourth-order valence-corrected chi connectivity index (χ4v) is 4.87. The summed E-state index contributed by atoms with van der Waals surface area (Å²) in [6.07, 6.45) is 2.54. The molecule has 0 aliphatic carbocycles. The van der Waals surface area contributed by atoms with E-state index in [2.05, 4.69) is 0 Å². The lowest BCUT2D eigenvalue weighted by Gasteiger charge is -2.34. The number of carbonyl (C=O) groups is 1. The van der Waals surface area contributed by atoms with Gasteiger partial charge in [0.25, 0.3) is 5.56 Å². The molecule has 4 aromatic rings. The maximum atomic E-state index is 13.2. The molecular weight excluding hydrogens is 463 g/mol. The average Bonchev–Trinajstić information content (AvgIpc) is 3.23. The first-order chi connectivity index (χ1) is 17.3. The molecule has 0 bridgehead atoms. The summed E-state index contributed by atoms with van der Waals surface area (Å²) in [7, 11) is 0. The van der Waals surface area contributed by atoms with E-state index in [1.807, 2.05) is 51.1 Å². The Bertz CT molecular complexity index is 1480. The van der Waals surface area contributed by atoms with Crippen LogP contribution in [-0.4, -0.2) is 50.7 Å². The monoisotopic (exact) mass is 492 g/mol. The van der Waals surface area contributed by atoms with Crippen LogP contribution >= 0.6 is 0 Å². The number of rotatable bonds is 4. The van der Waals surface area contributed by atoms with Crippen LogP contribution in [0, 0.1) is 0 Å². The lowest BCUT2D eigenvalue weighted by Crippen LogP contribution is -2.43. The van der Waals surface area contributed by atoms with E-state index in [-0.39, 0.29) is 17.7 Å². The van der Waals surface area contributed by atoms with Crippen LogP contribution in [0.1, 0.15) is 39.7 Å². The standard InChI is InChI=1S/C27H29FN4O4/c1-27(2,3)36-26(34)30-14-11-18(12-15-30)32-23(33)13-16-31-25(32)24-20(8-6-9-21(24)29-31)19-7-4-5-10-22(19)35-17-28/h4-10,13,16,18H,11-12,14-15,17H2,1-3H3. The van der Waals surface area contributed by atoms with Gasteiger partial charge in [-0.2, -0.15) is 5.10 Å². The van der Waals surface area contributed by atoms with Crippen LogP contribution in [0.15, 0.2) is 59.5 Å². The SMILES string of the molecule is CC(C)(C)OC(=O)N1CCC(n2c(=O)ccn3nc4cccc(-c5ccccc5OCF)c4c23)CC1. The number of piperidine rings is 1. The number of benzene rings is 2. The third-order valence-corrected chi connectivity index (χ3v) is 6.39. The third kappa shape index (κ3) is 4.41. The summed E-state index contributed by atoms with van der Waals surface area (Å²) in [5.41, 5.74) is 2.20. The molecule has 1 fully saturated rings. The van der Waals surface area contributed by atoms with Gasteiger partial charge < -0.3 is 14.4 Å². The topological polar surface area (TPSA) is 78.1 Å². The van der Waals surface area contributed by atoms with E-state index >= 15 is 0 Å². The van der Waals surface area contributed by atoms with Crippen LogP contribution in [0.4, 0.5) is 9.18 Å². The van der Waals surface area contributed by atoms with E-state index in [9.17, 15) is 14.0 Å². The van der Waals surface area contributed by atoms with E-state index in [1.54, 1.807) is 32.3 Å². The van der Waals surface area contributed by atoms with Crippen molar-refractivity contribution in [1.82, 2.24) is 19.1 Å². The molecule has 2 aromatic carbocycles. The summed E-state index contributed by atoms with van der Waals surface area (Å²) >= 11 is 0. The van der Waals surface area contributed by atoms with E-state index in [1.165, 1.54) is 6.07 Å². The Hall–Kier alpha value is -3.88. The largest absolute Gasteiger partial charge is 0.462 e. The molecule has 3 heterocycles. The zero-order valence-electron chi connectivity index (χ0n) is 20.6. The number of nitrogens with zero attached hydrogens (tertiary/aromatic N) is 4. The number of amides is 1. The number of aromatic nitrogens is 3. The number of hydrogen-bond donors (Lipinski definition) is 0. The molecule has 1 aliphatic rings. The highest BCUT2D eigenvalue weighted by Gasteiger charge is 2.29. The number of likely N-dealkylation sites (tertiary alicyclic amines) is 1. The van der Waals surface area contributed by atoms with Gasteiger partial charge in [-0.15, -0.1) is 0 Å². The van der Waals surface area contributed by atoms with E-state index in [4.69, 9.17) is 14.6 Å². The molecule has 1 saturated heterocycles. The van der Waals surface area contributed by atoms with Crippen LogP contribution < -0.4 is 10.3 Å². The molecule has 0 radical (unpaired) electrons. The highest BCUT2D eigenvalue weighted by molar-refractivity contribution is 6.05. The minimum Gasteiger partial charge on any atom is -0.462 e. The Kier molecular flexibility index (Phi) is 6.15. The molecule has 0 N–H and O–H groups in total. The van der Waals surface area contributed by atoms with Gasteiger partial charge in [0.05, 0.1) is 10.9 Å². The third-order valence-electron chi connectivity index (χ3n) is 6.39. The van der Waals surface area contributed by atoms with Crippen LogP contribution in [0.25, 0.3) is 27.7 Å². The van der Waals surface area contributed by atoms with Gasteiger partial charge in [0.15, 0.2) is 0 Å². The van der Waals surface area contributed by atoms with Gasteiger partial charge >= 0.3 is 6.09 Å². The van der Waals surface area contributed by atoms with E-state index in [0.717, 1.165) is 16.5 Å². The summed E-state index contributed by atoms with van der Waals surface area (Å²) in [5.74, 6) is 0.419. The predicted octanol–water partition coefficient (Wildman–Crippen LogP) is 5.19. The highest BCUT2D eigenvalue weighted by atomic mass is 19.1. The molecule has 0 spiro atoms. The molecule has 1 amide bonds. The van der Waals surface area contributed by atoms with Crippen LogP contribution in [0.2, 0.25) is 0 Å². The van der Waals surface area contributed by atoms with Crippen molar-refractivity contribution in [2.24, 2.45) is 0 Å². The number of halogens is 1. The second kappa shape index (κ2) is 9.29. The number of para-hydroxylation sites is 1. The molecule has 0 saturated carbocycles. The first-order valence-electron chi connectivity index (χ1n) is 12.1. The Morgan fingerprint density at radius 2 is 1.78 bits per heavy atom. The normalized spacial score (nSPS) is 14.9. The maximum Gasteiger partial charge on any atom is 0.410 e. The van der Waals surface area contributed by atoms with Crippen molar-refractivity contribution in [3.8, 4) is 16.9 Å². The van der Waals surface area contributed by atoms with Crippen molar-refractivity contribution in [1.29, 1.82) is 0 Å². The summed E-state index contributed by atoms with van der Waals surface area (Å²) in [5, 5.41) is 5.51. The molecule has 0 unspecified atom stereocenters. The van der Waals surface area contributed by atoms with Gasteiger partial charge in [-0.25, -0.2) is 13.7 Å². The van der Waals surface area contributed by atoms with Crippen LogP contribution in [0.5, 0.6) is 5.75 Å². The predicted molar refractivity (Wildman–Crippen MR) is 135 cm³/mol. The smallest absolute Gasteiger partial charge is 0.410 e. The fraction of sp³-hybridized carbons (Fsp3) is 0.370. The molecule has 9 heteroatoms. The molecule has 36 heavy (non-hydrogen) atoms. The zero-order valence-corrected chi connectivity index (χ0v) is 20.6. The van der Waals surface area contributed by atoms with Gasteiger partial charge in [0.2, 0.25) is 6.86 Å². The summed E-state index contributed by atoms with van der Waals surface area (Å²) in [6.45, 7) is 5.56. The molecule has 5 rings (SSSR count). The summed E-state index contributed by atoms with van der Waals surface area (Å²) in [6, 6.07) is 14.3. The molecule has 8 nitrogen and oxygen atoms in total. The second-order valence-corrected chi connectivity index (χ2v) is 9.94. The van der Waals surface area contributed by atoms with Gasteiger partial charge in [-0.05, 0) is 51.3 Å². The number of alkyl halides is 1. The van der Waals surface area contributed by atoms with Gasteiger partial charge in [0.1, 0.15) is 17.0 Å². The van der Waals surface area contributed by atoms with Crippen molar-refractivity contribution in [3.63, 3.8) is 0 Å². The van der Waals surface area contributed by atoms with Crippen molar-refractivity contribution < 1.29 is 18.7 Å². The zero-order chi connectivity index (χ0) is 25.4. The van der Waals surface area contributed by atoms with Gasteiger partial charge in [-0.1, -0.05) is 30.3 Å². The fourth-order valence-electron chi connectivity index (χ4n) is 4.87. The number of carbonyl (C=O) groups excluding carboxylic acids is 1. The van der Waals surface area contributed by atoms with Crippen LogP contribution in [0.3, 0.4) is 0 Å². The Labute approximate surface area is 207 Å².